The number of carboxylic acid groups (broad SMARTS) is 1. The van der Waals surface area contributed by atoms with E-state index in [-0.39, 0.29) is 12.2 Å². The van der Waals surface area contributed by atoms with Crippen molar-refractivity contribution in [1.29, 1.82) is 0 Å². The van der Waals surface area contributed by atoms with Gasteiger partial charge in [-0.15, -0.1) is 0 Å². The molecule has 1 N–H and O–H groups in total. The quantitative estimate of drug-likeness (QED) is 0.612. The Kier molecular flexibility index (Phi) is 6.05. The van der Waals surface area contributed by atoms with Crippen molar-refractivity contribution in [3.05, 3.63) is 33.8 Å². The molecule has 1 rings (SSSR count). The minimum absolute atomic E-state index is 0.117. The van der Waals surface area contributed by atoms with E-state index in [9.17, 15) is 9.59 Å². The number of benzene rings is 1. The summed E-state index contributed by atoms with van der Waals surface area (Å²) in [6.07, 6.45) is 2.84. The molecule has 0 aliphatic carbocycles. The van der Waals surface area contributed by atoms with Crippen molar-refractivity contribution < 1.29 is 14.7 Å². The topological polar surface area (TPSA) is 54.4 Å². The second-order valence-electron chi connectivity index (χ2n) is 4.34. The first-order chi connectivity index (χ1) is 8.50. The molecule has 0 saturated heterocycles. The number of carboxylic acids is 1. The van der Waals surface area contributed by atoms with E-state index in [0.717, 1.165) is 22.9 Å². The van der Waals surface area contributed by atoms with Gasteiger partial charge in [-0.3, -0.25) is 9.59 Å². The maximum absolute atomic E-state index is 11.9. The Bertz CT molecular complexity index is 441. The normalized spacial score (nSPS) is 10.3. The molecular weight excluding hydrogens is 296 g/mol. The molecular formula is C14H17BrO3. The SMILES string of the molecule is Cc1ccc(C(=O)CCCCCC(=O)O)cc1Br. The molecule has 0 radical (unpaired) electrons. The van der Waals surface area contributed by atoms with Gasteiger partial charge in [0.15, 0.2) is 5.78 Å². The molecule has 0 aromatic heterocycles. The Morgan fingerprint density at radius 1 is 1.17 bits per heavy atom. The van der Waals surface area contributed by atoms with Gasteiger partial charge in [-0.05, 0) is 31.4 Å². The first-order valence-electron chi connectivity index (χ1n) is 6.02. The minimum Gasteiger partial charge on any atom is -0.481 e. The van der Waals surface area contributed by atoms with Crippen LogP contribution in [0.1, 0.15) is 48.0 Å². The largest absolute Gasteiger partial charge is 0.481 e. The summed E-state index contributed by atoms with van der Waals surface area (Å²) in [5.41, 5.74) is 1.82. The van der Waals surface area contributed by atoms with E-state index >= 15 is 0 Å². The maximum atomic E-state index is 11.9. The van der Waals surface area contributed by atoms with Gasteiger partial charge >= 0.3 is 5.97 Å². The molecule has 0 amide bonds. The maximum Gasteiger partial charge on any atom is 0.303 e. The molecule has 0 heterocycles. The van der Waals surface area contributed by atoms with Gasteiger partial charge < -0.3 is 5.11 Å². The molecule has 98 valence electrons. The van der Waals surface area contributed by atoms with Crippen molar-refractivity contribution >= 4 is 27.7 Å². The summed E-state index contributed by atoms with van der Waals surface area (Å²) in [4.78, 5) is 22.2. The number of carbonyl (C=O) groups is 2. The molecule has 4 heteroatoms. The summed E-state index contributed by atoms with van der Waals surface area (Å²) < 4.78 is 0.944. The van der Waals surface area contributed by atoms with E-state index < -0.39 is 5.97 Å². The lowest BCUT2D eigenvalue weighted by Gasteiger charge is -2.03. The predicted molar refractivity (Wildman–Crippen MR) is 73.9 cm³/mol. The average molecular weight is 313 g/mol. The Balaban J connectivity index is 2.36. The summed E-state index contributed by atoms with van der Waals surface area (Å²) in [6, 6.07) is 5.59. The molecule has 0 aliphatic rings. The van der Waals surface area contributed by atoms with Crippen LogP contribution in [0.4, 0.5) is 0 Å². The fourth-order valence-corrected chi connectivity index (χ4v) is 2.03. The number of unbranched alkanes of at least 4 members (excludes halogenated alkanes) is 2. The van der Waals surface area contributed by atoms with E-state index in [0.29, 0.717) is 18.4 Å². The van der Waals surface area contributed by atoms with Crippen molar-refractivity contribution in [3.8, 4) is 0 Å². The summed E-state index contributed by atoms with van der Waals surface area (Å²) in [5.74, 6) is -0.658. The van der Waals surface area contributed by atoms with E-state index in [2.05, 4.69) is 15.9 Å². The zero-order valence-corrected chi connectivity index (χ0v) is 12.0. The van der Waals surface area contributed by atoms with Crippen LogP contribution < -0.4 is 0 Å². The van der Waals surface area contributed by atoms with E-state index in [1.807, 2.05) is 25.1 Å². The average Bonchev–Trinajstić information content (AvgIpc) is 2.31. The van der Waals surface area contributed by atoms with Gasteiger partial charge in [0.2, 0.25) is 0 Å². The number of aliphatic carboxylic acids is 1. The fraction of sp³-hybridized carbons (Fsp3) is 0.429. The Labute approximate surface area is 115 Å². The lowest BCUT2D eigenvalue weighted by molar-refractivity contribution is -0.137. The van der Waals surface area contributed by atoms with Gasteiger partial charge in [0.05, 0.1) is 0 Å². The third-order valence-electron chi connectivity index (χ3n) is 2.79. The molecule has 0 atom stereocenters. The molecule has 0 unspecified atom stereocenters. The molecule has 0 aliphatic heterocycles. The number of carbonyl (C=O) groups excluding carboxylic acids is 1. The third-order valence-corrected chi connectivity index (χ3v) is 3.64. The van der Waals surface area contributed by atoms with Crippen molar-refractivity contribution in [2.75, 3.05) is 0 Å². The molecule has 18 heavy (non-hydrogen) atoms. The molecule has 1 aromatic carbocycles. The number of Topliss-reactive ketones (excluding diaryl/α,β-unsaturated/α-hetero) is 1. The number of halogens is 1. The summed E-state index contributed by atoms with van der Waals surface area (Å²) in [7, 11) is 0. The molecule has 0 fully saturated rings. The van der Waals surface area contributed by atoms with Gasteiger partial charge in [-0.2, -0.15) is 0 Å². The highest BCUT2D eigenvalue weighted by atomic mass is 79.9. The lowest BCUT2D eigenvalue weighted by Crippen LogP contribution is -2.00. The smallest absolute Gasteiger partial charge is 0.303 e. The van der Waals surface area contributed by atoms with Crippen molar-refractivity contribution in [3.63, 3.8) is 0 Å². The number of hydrogen-bond donors (Lipinski definition) is 1. The first-order valence-corrected chi connectivity index (χ1v) is 6.81. The zero-order valence-electron chi connectivity index (χ0n) is 10.4. The van der Waals surface area contributed by atoms with Gasteiger partial charge in [0, 0.05) is 22.9 Å². The summed E-state index contributed by atoms with van der Waals surface area (Å²) in [5, 5.41) is 8.48. The zero-order chi connectivity index (χ0) is 13.5. The Hall–Kier alpha value is -1.16. The van der Waals surface area contributed by atoms with Crippen molar-refractivity contribution in [2.24, 2.45) is 0 Å². The lowest BCUT2D eigenvalue weighted by atomic mass is 10.0. The number of rotatable bonds is 7. The summed E-state index contributed by atoms with van der Waals surface area (Å²) >= 11 is 3.41. The standard InChI is InChI=1S/C14H17BrO3/c1-10-7-8-11(9-12(10)15)13(16)5-3-2-4-6-14(17)18/h7-9H,2-6H2,1H3,(H,17,18). The van der Waals surface area contributed by atoms with Gasteiger partial charge in [-0.25, -0.2) is 0 Å². The van der Waals surface area contributed by atoms with Gasteiger partial charge in [0.25, 0.3) is 0 Å². The van der Waals surface area contributed by atoms with Crippen LogP contribution in [-0.2, 0) is 4.79 Å². The predicted octanol–water partition coefficient (Wildman–Crippen LogP) is 3.98. The Morgan fingerprint density at radius 3 is 2.44 bits per heavy atom. The van der Waals surface area contributed by atoms with Crippen LogP contribution >= 0.6 is 15.9 Å². The van der Waals surface area contributed by atoms with Crippen LogP contribution in [0.5, 0.6) is 0 Å². The fourth-order valence-electron chi connectivity index (χ4n) is 1.65. The molecule has 1 aromatic rings. The van der Waals surface area contributed by atoms with Crippen LogP contribution in [0.2, 0.25) is 0 Å². The third kappa shape index (κ3) is 5.00. The molecule has 3 nitrogen and oxygen atoms in total. The second kappa shape index (κ2) is 7.31. The number of aryl methyl sites for hydroxylation is 1. The van der Waals surface area contributed by atoms with Gasteiger partial charge in [0.1, 0.15) is 0 Å². The highest BCUT2D eigenvalue weighted by Crippen LogP contribution is 2.19. The highest BCUT2D eigenvalue weighted by molar-refractivity contribution is 9.10. The number of hydrogen-bond acceptors (Lipinski definition) is 2. The molecule has 0 bridgehead atoms. The van der Waals surface area contributed by atoms with Crippen LogP contribution in [0.3, 0.4) is 0 Å². The highest BCUT2D eigenvalue weighted by Gasteiger charge is 2.07. The summed E-state index contributed by atoms with van der Waals surface area (Å²) in [6.45, 7) is 1.98. The van der Waals surface area contributed by atoms with Crippen LogP contribution in [-0.4, -0.2) is 16.9 Å². The molecule has 0 spiro atoms. The minimum atomic E-state index is -0.774. The number of ketones is 1. The van der Waals surface area contributed by atoms with Crippen LogP contribution in [0.25, 0.3) is 0 Å². The van der Waals surface area contributed by atoms with E-state index in [1.54, 1.807) is 0 Å². The van der Waals surface area contributed by atoms with Crippen LogP contribution in [0.15, 0.2) is 22.7 Å². The van der Waals surface area contributed by atoms with Gasteiger partial charge in [-0.1, -0.05) is 34.5 Å². The van der Waals surface area contributed by atoms with Crippen LogP contribution in [0, 0.1) is 6.92 Å². The molecule has 0 saturated carbocycles. The van der Waals surface area contributed by atoms with Crippen molar-refractivity contribution in [1.82, 2.24) is 0 Å². The van der Waals surface area contributed by atoms with E-state index in [1.165, 1.54) is 0 Å². The van der Waals surface area contributed by atoms with E-state index in [4.69, 9.17) is 5.11 Å². The van der Waals surface area contributed by atoms with Crippen molar-refractivity contribution in [2.45, 2.75) is 39.0 Å². The second-order valence-corrected chi connectivity index (χ2v) is 5.20. The monoisotopic (exact) mass is 312 g/mol. The Morgan fingerprint density at radius 2 is 1.83 bits per heavy atom. The first kappa shape index (κ1) is 14.9.